The summed E-state index contributed by atoms with van der Waals surface area (Å²) in [7, 11) is 0. The lowest BCUT2D eigenvalue weighted by molar-refractivity contribution is -0.122. The van der Waals surface area contributed by atoms with Gasteiger partial charge >= 0.3 is 0 Å². The van der Waals surface area contributed by atoms with Crippen LogP contribution in [0.2, 0.25) is 0 Å². The maximum atomic E-state index is 11.6. The third-order valence-electron chi connectivity index (χ3n) is 2.79. The summed E-state index contributed by atoms with van der Waals surface area (Å²) in [4.78, 5) is 11.6. The van der Waals surface area contributed by atoms with E-state index in [0.717, 1.165) is 25.1 Å². The van der Waals surface area contributed by atoms with Gasteiger partial charge in [-0.3, -0.25) is 4.79 Å². The van der Waals surface area contributed by atoms with Gasteiger partial charge in [-0.15, -0.1) is 0 Å². The highest BCUT2D eigenvalue weighted by atomic mass is 16.5. The number of amides is 1. The SMILES string of the molecule is O=C(NCCOc1ccccc1)C1CCCN1. The second-order valence-corrected chi connectivity index (χ2v) is 4.10. The van der Waals surface area contributed by atoms with E-state index in [4.69, 9.17) is 4.74 Å². The summed E-state index contributed by atoms with van der Waals surface area (Å²) in [6, 6.07) is 9.60. The monoisotopic (exact) mass is 234 g/mol. The predicted molar refractivity (Wildman–Crippen MR) is 66.0 cm³/mol. The van der Waals surface area contributed by atoms with Crippen molar-refractivity contribution in [3.05, 3.63) is 30.3 Å². The molecule has 0 bridgehead atoms. The Morgan fingerprint density at radius 1 is 1.41 bits per heavy atom. The van der Waals surface area contributed by atoms with E-state index in [1.807, 2.05) is 30.3 Å². The van der Waals surface area contributed by atoms with Gasteiger partial charge in [0.1, 0.15) is 12.4 Å². The summed E-state index contributed by atoms with van der Waals surface area (Å²) in [6.45, 7) is 1.99. The molecule has 17 heavy (non-hydrogen) atoms. The Morgan fingerprint density at radius 3 is 2.94 bits per heavy atom. The quantitative estimate of drug-likeness (QED) is 0.745. The molecule has 1 fully saturated rings. The average Bonchev–Trinajstić information content (AvgIpc) is 2.89. The minimum Gasteiger partial charge on any atom is -0.492 e. The number of rotatable bonds is 5. The fourth-order valence-electron chi connectivity index (χ4n) is 1.89. The molecule has 1 amide bonds. The summed E-state index contributed by atoms with van der Waals surface area (Å²) in [5.41, 5.74) is 0. The minimum absolute atomic E-state index is 0.00766. The number of carbonyl (C=O) groups is 1. The molecule has 1 saturated heterocycles. The highest BCUT2D eigenvalue weighted by Gasteiger charge is 2.21. The Kier molecular flexibility index (Phi) is 4.38. The molecular weight excluding hydrogens is 216 g/mol. The summed E-state index contributed by atoms with van der Waals surface area (Å²) >= 11 is 0. The van der Waals surface area contributed by atoms with E-state index in [1.165, 1.54) is 0 Å². The molecule has 0 aliphatic carbocycles. The minimum atomic E-state index is -0.00766. The Labute approximate surface area is 101 Å². The van der Waals surface area contributed by atoms with E-state index < -0.39 is 0 Å². The number of nitrogens with one attached hydrogen (secondary N) is 2. The Morgan fingerprint density at radius 2 is 2.24 bits per heavy atom. The van der Waals surface area contributed by atoms with E-state index in [9.17, 15) is 4.79 Å². The molecule has 1 unspecified atom stereocenters. The van der Waals surface area contributed by atoms with Gasteiger partial charge in [0, 0.05) is 0 Å². The van der Waals surface area contributed by atoms with Crippen molar-refractivity contribution in [1.82, 2.24) is 10.6 Å². The lowest BCUT2D eigenvalue weighted by atomic mass is 10.2. The molecule has 4 heteroatoms. The zero-order valence-corrected chi connectivity index (χ0v) is 9.82. The first kappa shape index (κ1) is 11.9. The second kappa shape index (κ2) is 6.25. The number of para-hydroxylation sites is 1. The van der Waals surface area contributed by atoms with Crippen molar-refractivity contribution >= 4 is 5.91 Å². The van der Waals surface area contributed by atoms with E-state index in [2.05, 4.69) is 10.6 Å². The van der Waals surface area contributed by atoms with Crippen LogP contribution >= 0.6 is 0 Å². The molecule has 1 aliphatic heterocycles. The molecule has 0 spiro atoms. The van der Waals surface area contributed by atoms with Gasteiger partial charge in [0.15, 0.2) is 0 Å². The molecule has 4 nitrogen and oxygen atoms in total. The standard InChI is InChI=1S/C13H18N2O2/c16-13(12-7-4-8-14-12)15-9-10-17-11-5-2-1-3-6-11/h1-3,5-6,12,14H,4,7-10H2,(H,15,16). The molecule has 92 valence electrons. The molecule has 2 rings (SSSR count). The van der Waals surface area contributed by atoms with Crippen LogP contribution in [0, 0.1) is 0 Å². The fraction of sp³-hybridized carbons (Fsp3) is 0.462. The third-order valence-corrected chi connectivity index (χ3v) is 2.79. The molecule has 0 saturated carbocycles. The van der Waals surface area contributed by atoms with E-state index in [0.29, 0.717) is 13.2 Å². The number of benzene rings is 1. The van der Waals surface area contributed by atoms with E-state index in [1.54, 1.807) is 0 Å². The van der Waals surface area contributed by atoms with Crippen molar-refractivity contribution in [2.45, 2.75) is 18.9 Å². The maximum absolute atomic E-state index is 11.6. The molecule has 2 N–H and O–H groups in total. The van der Waals surface area contributed by atoms with Crippen LogP contribution in [-0.4, -0.2) is 31.6 Å². The average molecular weight is 234 g/mol. The number of ether oxygens (including phenoxy) is 1. The summed E-state index contributed by atoms with van der Waals surface area (Å²) in [5, 5.41) is 6.03. The van der Waals surface area contributed by atoms with Gasteiger partial charge in [-0.05, 0) is 31.5 Å². The van der Waals surface area contributed by atoms with E-state index in [-0.39, 0.29) is 11.9 Å². The second-order valence-electron chi connectivity index (χ2n) is 4.10. The number of carbonyl (C=O) groups excluding carboxylic acids is 1. The van der Waals surface area contributed by atoms with Gasteiger partial charge in [0.25, 0.3) is 0 Å². The zero-order valence-electron chi connectivity index (χ0n) is 9.82. The maximum Gasteiger partial charge on any atom is 0.237 e. The molecular formula is C13H18N2O2. The summed E-state index contributed by atoms with van der Waals surface area (Å²) in [6.07, 6.45) is 2.02. The van der Waals surface area contributed by atoms with Gasteiger partial charge < -0.3 is 15.4 Å². The Balaban J connectivity index is 1.61. The first-order chi connectivity index (χ1) is 8.36. The van der Waals surface area contributed by atoms with Crippen LogP contribution < -0.4 is 15.4 Å². The van der Waals surface area contributed by atoms with Crippen molar-refractivity contribution in [2.24, 2.45) is 0 Å². The first-order valence-electron chi connectivity index (χ1n) is 6.05. The van der Waals surface area contributed by atoms with Gasteiger partial charge in [-0.25, -0.2) is 0 Å². The Hall–Kier alpha value is -1.55. The van der Waals surface area contributed by atoms with Crippen molar-refractivity contribution in [3.8, 4) is 5.75 Å². The van der Waals surface area contributed by atoms with Gasteiger partial charge in [-0.1, -0.05) is 18.2 Å². The summed E-state index contributed by atoms with van der Waals surface area (Å²) in [5.74, 6) is 0.917. The molecule has 0 aromatic heterocycles. The first-order valence-corrected chi connectivity index (χ1v) is 6.05. The molecule has 1 heterocycles. The molecule has 1 aliphatic rings. The van der Waals surface area contributed by atoms with Crippen LogP contribution in [0.4, 0.5) is 0 Å². The highest BCUT2D eigenvalue weighted by Crippen LogP contribution is 2.07. The Bertz CT molecular complexity index is 348. The van der Waals surface area contributed by atoms with Crippen LogP contribution in [0.25, 0.3) is 0 Å². The van der Waals surface area contributed by atoms with Gasteiger partial charge in [-0.2, -0.15) is 0 Å². The van der Waals surface area contributed by atoms with Crippen molar-refractivity contribution in [3.63, 3.8) is 0 Å². The normalized spacial score (nSPS) is 18.9. The van der Waals surface area contributed by atoms with Crippen LogP contribution in [0.15, 0.2) is 30.3 Å². The predicted octanol–water partition coefficient (Wildman–Crippen LogP) is 0.934. The topological polar surface area (TPSA) is 50.4 Å². The van der Waals surface area contributed by atoms with Crippen LogP contribution in [-0.2, 0) is 4.79 Å². The van der Waals surface area contributed by atoms with Gasteiger partial charge in [0.05, 0.1) is 12.6 Å². The van der Waals surface area contributed by atoms with Crippen LogP contribution in [0.5, 0.6) is 5.75 Å². The highest BCUT2D eigenvalue weighted by molar-refractivity contribution is 5.81. The molecule has 1 aromatic rings. The number of hydrogen-bond acceptors (Lipinski definition) is 3. The molecule has 1 atom stereocenters. The largest absolute Gasteiger partial charge is 0.492 e. The molecule has 0 radical (unpaired) electrons. The molecule has 1 aromatic carbocycles. The lowest BCUT2D eigenvalue weighted by Gasteiger charge is -2.11. The van der Waals surface area contributed by atoms with E-state index >= 15 is 0 Å². The lowest BCUT2D eigenvalue weighted by Crippen LogP contribution is -2.41. The fourth-order valence-corrected chi connectivity index (χ4v) is 1.89. The smallest absolute Gasteiger partial charge is 0.237 e. The van der Waals surface area contributed by atoms with Crippen molar-refractivity contribution < 1.29 is 9.53 Å². The summed E-state index contributed by atoms with van der Waals surface area (Å²) < 4.78 is 5.48. The zero-order chi connectivity index (χ0) is 11.9. The van der Waals surface area contributed by atoms with Crippen LogP contribution in [0.1, 0.15) is 12.8 Å². The van der Waals surface area contributed by atoms with Crippen molar-refractivity contribution in [2.75, 3.05) is 19.7 Å². The third kappa shape index (κ3) is 3.75. The van der Waals surface area contributed by atoms with Crippen LogP contribution in [0.3, 0.4) is 0 Å². The number of hydrogen-bond donors (Lipinski definition) is 2. The van der Waals surface area contributed by atoms with Crippen molar-refractivity contribution in [1.29, 1.82) is 0 Å². The van der Waals surface area contributed by atoms with Gasteiger partial charge in [0.2, 0.25) is 5.91 Å².